The molecule has 1 N–H and O–H groups in total. The van der Waals surface area contributed by atoms with E-state index in [4.69, 9.17) is 14.2 Å². The van der Waals surface area contributed by atoms with E-state index in [1.54, 1.807) is 0 Å². The third kappa shape index (κ3) is 7.92. The molecular weight excluding hydrogens is 318 g/mol. The Hall–Kier alpha value is -0.200. The van der Waals surface area contributed by atoms with Gasteiger partial charge in [0.15, 0.2) is 6.29 Å². The first-order valence-electron chi connectivity index (χ1n) is 10.0. The highest BCUT2D eigenvalue weighted by molar-refractivity contribution is 4.86. The fraction of sp³-hybridized carbons (Fsp3) is 1.00. The van der Waals surface area contributed by atoms with Crippen LogP contribution in [0.5, 0.6) is 0 Å². The summed E-state index contributed by atoms with van der Waals surface area (Å²) in [6.07, 6.45) is 2.13. The summed E-state index contributed by atoms with van der Waals surface area (Å²) < 4.78 is 17.8. The summed E-state index contributed by atoms with van der Waals surface area (Å²) in [7, 11) is 2.04. The normalized spacial score (nSPS) is 30.0. The molecule has 1 aliphatic heterocycles. The Morgan fingerprint density at radius 2 is 1.92 bits per heavy atom. The van der Waals surface area contributed by atoms with Gasteiger partial charge in [0.05, 0.1) is 24.9 Å². The molecule has 1 saturated heterocycles. The fourth-order valence-electron chi connectivity index (χ4n) is 3.16. The Morgan fingerprint density at radius 3 is 2.52 bits per heavy atom. The smallest absolute Gasteiger partial charge is 0.160 e. The summed E-state index contributed by atoms with van der Waals surface area (Å²) >= 11 is 0. The maximum Gasteiger partial charge on any atom is 0.160 e. The highest BCUT2D eigenvalue weighted by Crippen LogP contribution is 2.26. The van der Waals surface area contributed by atoms with E-state index < -0.39 is 6.10 Å². The molecule has 0 aliphatic carbocycles. The molecule has 5 nitrogen and oxygen atoms in total. The zero-order chi connectivity index (χ0) is 19.0. The molecule has 1 aliphatic rings. The Morgan fingerprint density at radius 1 is 1.24 bits per heavy atom. The van der Waals surface area contributed by atoms with E-state index in [-0.39, 0.29) is 24.5 Å². The van der Waals surface area contributed by atoms with Crippen molar-refractivity contribution in [1.29, 1.82) is 0 Å². The van der Waals surface area contributed by atoms with E-state index in [9.17, 15) is 5.11 Å². The minimum Gasteiger partial charge on any atom is -0.389 e. The molecule has 0 aromatic rings. The minimum atomic E-state index is -0.471. The van der Waals surface area contributed by atoms with Gasteiger partial charge >= 0.3 is 0 Å². The van der Waals surface area contributed by atoms with Crippen LogP contribution in [0.15, 0.2) is 0 Å². The van der Waals surface area contributed by atoms with Crippen LogP contribution in [0.4, 0.5) is 0 Å². The van der Waals surface area contributed by atoms with Gasteiger partial charge in [-0.1, -0.05) is 27.7 Å². The minimum absolute atomic E-state index is 0.0603. The van der Waals surface area contributed by atoms with Gasteiger partial charge in [0.2, 0.25) is 0 Å². The van der Waals surface area contributed by atoms with E-state index in [2.05, 4.69) is 39.5 Å². The summed E-state index contributed by atoms with van der Waals surface area (Å²) in [6.45, 7) is 15.2. The summed E-state index contributed by atoms with van der Waals surface area (Å²) in [5.74, 6) is 1.05. The number of likely N-dealkylation sites (N-methyl/N-ethyl adjacent to an activating group) is 1. The van der Waals surface area contributed by atoms with Crippen molar-refractivity contribution < 1.29 is 19.3 Å². The molecule has 1 fully saturated rings. The van der Waals surface area contributed by atoms with Gasteiger partial charge in [0.25, 0.3) is 0 Å². The van der Waals surface area contributed by atoms with Crippen molar-refractivity contribution in [3.8, 4) is 0 Å². The lowest BCUT2D eigenvalue weighted by atomic mass is 9.98. The average Bonchev–Trinajstić information content (AvgIpc) is 2.56. The lowest BCUT2D eigenvalue weighted by molar-refractivity contribution is -0.254. The molecule has 5 heteroatoms. The number of nitrogens with zero attached hydrogens (tertiary/aromatic N) is 1. The van der Waals surface area contributed by atoms with Crippen LogP contribution in [-0.2, 0) is 14.2 Å². The first kappa shape index (κ1) is 22.8. The molecular formula is C20H41NO4. The van der Waals surface area contributed by atoms with Crippen LogP contribution in [0.1, 0.15) is 60.8 Å². The molecule has 6 atom stereocenters. The zero-order valence-corrected chi connectivity index (χ0v) is 17.4. The topological polar surface area (TPSA) is 51.2 Å². The molecule has 3 unspecified atom stereocenters. The molecule has 0 amide bonds. The molecule has 150 valence electrons. The van der Waals surface area contributed by atoms with Crippen LogP contribution in [0, 0.1) is 11.8 Å². The first-order valence-corrected chi connectivity index (χ1v) is 10.0. The number of hydrogen-bond donors (Lipinski definition) is 1. The predicted octanol–water partition coefficient (Wildman–Crippen LogP) is 3.30. The highest BCUT2D eigenvalue weighted by Gasteiger charge is 2.38. The second-order valence-corrected chi connectivity index (χ2v) is 8.07. The van der Waals surface area contributed by atoms with Gasteiger partial charge < -0.3 is 24.2 Å². The molecule has 1 heterocycles. The van der Waals surface area contributed by atoms with Gasteiger partial charge in [-0.2, -0.15) is 0 Å². The van der Waals surface area contributed by atoms with Gasteiger partial charge in [-0.05, 0) is 46.2 Å². The van der Waals surface area contributed by atoms with Crippen LogP contribution < -0.4 is 0 Å². The maximum absolute atomic E-state index is 10.4. The van der Waals surface area contributed by atoms with Crippen LogP contribution in [0.2, 0.25) is 0 Å². The number of rotatable bonds is 11. The van der Waals surface area contributed by atoms with Gasteiger partial charge in [-0.3, -0.25) is 0 Å². The van der Waals surface area contributed by atoms with Crippen molar-refractivity contribution in [3.63, 3.8) is 0 Å². The van der Waals surface area contributed by atoms with Crippen LogP contribution >= 0.6 is 0 Å². The van der Waals surface area contributed by atoms with Crippen molar-refractivity contribution in [3.05, 3.63) is 0 Å². The molecule has 0 spiro atoms. The molecule has 0 bridgehead atoms. The Bertz CT molecular complexity index is 353. The third-order valence-corrected chi connectivity index (χ3v) is 5.36. The number of ether oxygens (including phenoxy) is 3. The van der Waals surface area contributed by atoms with E-state index >= 15 is 0 Å². The van der Waals surface area contributed by atoms with Crippen molar-refractivity contribution in [2.75, 3.05) is 26.8 Å². The second-order valence-electron chi connectivity index (χ2n) is 8.07. The Kier molecular flexibility index (Phi) is 10.5. The highest BCUT2D eigenvalue weighted by atomic mass is 16.7. The van der Waals surface area contributed by atoms with Crippen molar-refractivity contribution >= 4 is 0 Å². The van der Waals surface area contributed by atoms with E-state index in [0.717, 1.165) is 25.5 Å². The van der Waals surface area contributed by atoms with E-state index in [1.807, 2.05) is 14.0 Å². The molecule has 1 rings (SSSR count). The molecule has 0 saturated carbocycles. The SMILES string of the molecule is CCN(C)C1C[C@H](OC(C)[C@H](C)COCCCC(C)C)OC(C)[C@H]1O. The standard InChI is InChI=1S/C20H41NO4/c1-8-21(7)18-12-19(25-17(6)20(18)22)24-16(5)15(4)13-23-11-9-10-14(2)3/h14-20,22H,8-13H2,1-7H3/t15-,16?,17?,18?,19-,20-/m1/s1. The van der Waals surface area contributed by atoms with E-state index in [1.165, 1.54) is 6.42 Å². The summed E-state index contributed by atoms with van der Waals surface area (Å²) in [6, 6.07) is 0.0774. The number of aliphatic hydroxyl groups is 1. The van der Waals surface area contributed by atoms with Crippen LogP contribution in [-0.4, -0.2) is 67.5 Å². The Labute approximate surface area is 155 Å². The predicted molar refractivity (Wildman–Crippen MR) is 102 cm³/mol. The lowest BCUT2D eigenvalue weighted by Crippen LogP contribution is -2.54. The van der Waals surface area contributed by atoms with Gasteiger partial charge in [0.1, 0.15) is 0 Å². The second kappa shape index (κ2) is 11.5. The van der Waals surface area contributed by atoms with Crippen LogP contribution in [0.3, 0.4) is 0 Å². The fourth-order valence-corrected chi connectivity index (χ4v) is 3.16. The summed E-state index contributed by atoms with van der Waals surface area (Å²) in [4.78, 5) is 2.17. The molecule has 0 aromatic heterocycles. The molecule has 25 heavy (non-hydrogen) atoms. The number of hydrogen-bond acceptors (Lipinski definition) is 5. The maximum atomic E-state index is 10.4. The van der Waals surface area contributed by atoms with Crippen molar-refractivity contribution in [1.82, 2.24) is 4.90 Å². The zero-order valence-electron chi connectivity index (χ0n) is 17.4. The third-order valence-electron chi connectivity index (χ3n) is 5.36. The van der Waals surface area contributed by atoms with Crippen molar-refractivity contribution in [2.24, 2.45) is 11.8 Å². The van der Waals surface area contributed by atoms with Crippen molar-refractivity contribution in [2.45, 2.75) is 91.4 Å². The largest absolute Gasteiger partial charge is 0.389 e. The Balaban J connectivity index is 2.37. The van der Waals surface area contributed by atoms with E-state index in [0.29, 0.717) is 18.9 Å². The van der Waals surface area contributed by atoms with Crippen LogP contribution in [0.25, 0.3) is 0 Å². The summed E-state index contributed by atoms with van der Waals surface area (Å²) in [5.41, 5.74) is 0. The first-order chi connectivity index (χ1) is 11.8. The quantitative estimate of drug-likeness (QED) is 0.574. The summed E-state index contributed by atoms with van der Waals surface area (Å²) in [5, 5.41) is 10.4. The average molecular weight is 360 g/mol. The lowest BCUT2D eigenvalue weighted by Gasteiger charge is -2.42. The van der Waals surface area contributed by atoms with Gasteiger partial charge in [-0.15, -0.1) is 0 Å². The number of aliphatic hydroxyl groups excluding tert-OH is 1. The molecule has 0 radical (unpaired) electrons. The monoisotopic (exact) mass is 359 g/mol. The van der Waals surface area contributed by atoms with Gasteiger partial charge in [0, 0.05) is 25.0 Å². The van der Waals surface area contributed by atoms with Gasteiger partial charge in [-0.25, -0.2) is 0 Å². The molecule has 0 aromatic carbocycles.